The Morgan fingerprint density at radius 2 is 2.00 bits per heavy atom. The van der Waals surface area contributed by atoms with Crippen molar-refractivity contribution < 1.29 is 9.00 Å². The third-order valence-corrected chi connectivity index (χ3v) is 7.70. The summed E-state index contributed by atoms with van der Waals surface area (Å²) in [5, 5.41) is 10.2. The summed E-state index contributed by atoms with van der Waals surface area (Å²) in [6.45, 7) is 7.04. The Kier molecular flexibility index (Phi) is 9.18. The van der Waals surface area contributed by atoms with Crippen LogP contribution in [0, 0.1) is 0 Å². The smallest absolute Gasteiger partial charge is 0.321 e. The molecule has 1 heterocycles. The molecule has 8 heteroatoms. The fraction of sp³-hybridized carbons (Fsp3) is 0.652. The van der Waals surface area contributed by atoms with Gasteiger partial charge in [0.25, 0.3) is 0 Å². The molecule has 3 atom stereocenters. The van der Waals surface area contributed by atoms with Crippen LogP contribution in [0.2, 0.25) is 0 Å². The predicted octanol–water partition coefficient (Wildman–Crippen LogP) is 3.45. The van der Waals surface area contributed by atoms with Crippen molar-refractivity contribution in [2.75, 3.05) is 30.7 Å². The van der Waals surface area contributed by atoms with E-state index in [-0.39, 0.29) is 11.3 Å². The second kappa shape index (κ2) is 12.1. The van der Waals surface area contributed by atoms with Crippen molar-refractivity contribution in [3.63, 3.8) is 0 Å². The number of rotatable bonds is 7. The molecular weight excluding hydrogens is 410 g/mol. The average molecular weight is 448 g/mol. The van der Waals surface area contributed by atoms with Crippen LogP contribution in [-0.4, -0.2) is 57.8 Å². The van der Waals surface area contributed by atoms with E-state index in [0.717, 1.165) is 81.1 Å². The SMILES string of the molecule is CCNC(=NCc1cccc(NC(=O)N2CCCC2)c1)NC1CCCC(S(=O)CC)C1. The Labute approximate surface area is 188 Å². The molecule has 3 rings (SSSR count). The van der Waals surface area contributed by atoms with Gasteiger partial charge < -0.3 is 20.9 Å². The molecule has 1 aromatic carbocycles. The van der Waals surface area contributed by atoms with Crippen molar-refractivity contribution >= 4 is 28.5 Å². The van der Waals surface area contributed by atoms with Crippen molar-refractivity contribution in [2.24, 2.45) is 4.99 Å². The molecule has 3 N–H and O–H groups in total. The molecule has 3 unspecified atom stereocenters. The lowest BCUT2D eigenvalue weighted by Crippen LogP contribution is -2.46. The monoisotopic (exact) mass is 447 g/mol. The second-order valence-electron chi connectivity index (χ2n) is 8.32. The van der Waals surface area contributed by atoms with E-state index in [1.807, 2.05) is 36.1 Å². The molecule has 0 radical (unpaired) electrons. The van der Waals surface area contributed by atoms with E-state index >= 15 is 0 Å². The first-order valence-electron chi connectivity index (χ1n) is 11.7. The lowest BCUT2D eigenvalue weighted by molar-refractivity contribution is 0.222. The molecule has 2 fully saturated rings. The number of urea groups is 1. The van der Waals surface area contributed by atoms with Gasteiger partial charge in [0.2, 0.25) is 0 Å². The Hall–Kier alpha value is -2.09. The van der Waals surface area contributed by atoms with E-state index < -0.39 is 10.8 Å². The zero-order chi connectivity index (χ0) is 22.1. The van der Waals surface area contributed by atoms with E-state index in [9.17, 15) is 9.00 Å². The highest BCUT2D eigenvalue weighted by Crippen LogP contribution is 2.23. The highest BCUT2D eigenvalue weighted by Gasteiger charge is 2.26. The summed E-state index contributed by atoms with van der Waals surface area (Å²) >= 11 is 0. The largest absolute Gasteiger partial charge is 0.357 e. The number of nitrogens with zero attached hydrogens (tertiary/aromatic N) is 2. The summed E-state index contributed by atoms with van der Waals surface area (Å²) in [5.41, 5.74) is 1.85. The van der Waals surface area contributed by atoms with Crippen molar-refractivity contribution in [1.29, 1.82) is 0 Å². The van der Waals surface area contributed by atoms with Crippen LogP contribution in [0.3, 0.4) is 0 Å². The van der Waals surface area contributed by atoms with Crippen molar-refractivity contribution in [1.82, 2.24) is 15.5 Å². The molecule has 2 amide bonds. The average Bonchev–Trinajstić information content (AvgIpc) is 3.33. The Balaban J connectivity index is 1.58. The van der Waals surface area contributed by atoms with Crippen LogP contribution in [-0.2, 0) is 17.3 Å². The topological polar surface area (TPSA) is 85.8 Å². The molecule has 172 valence electrons. The van der Waals surface area contributed by atoms with E-state index in [1.54, 1.807) is 0 Å². The molecule has 0 spiro atoms. The van der Waals surface area contributed by atoms with Gasteiger partial charge in [-0.3, -0.25) is 4.21 Å². The zero-order valence-corrected chi connectivity index (χ0v) is 19.7. The molecule has 0 aromatic heterocycles. The number of benzene rings is 1. The van der Waals surface area contributed by atoms with Crippen LogP contribution in [0.1, 0.15) is 57.9 Å². The minimum Gasteiger partial charge on any atom is -0.357 e. The first-order valence-corrected chi connectivity index (χ1v) is 13.0. The van der Waals surface area contributed by atoms with Crippen molar-refractivity contribution in [2.45, 2.75) is 70.2 Å². The fourth-order valence-electron chi connectivity index (χ4n) is 4.30. The summed E-state index contributed by atoms with van der Waals surface area (Å²) < 4.78 is 12.2. The third-order valence-electron chi connectivity index (χ3n) is 5.96. The molecule has 1 saturated heterocycles. The minimum atomic E-state index is -0.733. The van der Waals surface area contributed by atoms with Crippen LogP contribution in [0.25, 0.3) is 0 Å². The van der Waals surface area contributed by atoms with Crippen LogP contribution >= 0.6 is 0 Å². The summed E-state index contributed by atoms with van der Waals surface area (Å²) in [5.74, 6) is 1.53. The van der Waals surface area contributed by atoms with Crippen molar-refractivity contribution in [3.8, 4) is 0 Å². The van der Waals surface area contributed by atoms with Gasteiger partial charge in [0.15, 0.2) is 5.96 Å². The molecule has 31 heavy (non-hydrogen) atoms. The van der Waals surface area contributed by atoms with Crippen LogP contribution < -0.4 is 16.0 Å². The van der Waals surface area contributed by atoms with E-state index in [0.29, 0.717) is 12.6 Å². The molecule has 0 bridgehead atoms. The summed E-state index contributed by atoms with van der Waals surface area (Å²) in [4.78, 5) is 19.0. The Morgan fingerprint density at radius 3 is 2.74 bits per heavy atom. The molecule has 1 aliphatic carbocycles. The van der Waals surface area contributed by atoms with E-state index in [1.165, 1.54) is 0 Å². The van der Waals surface area contributed by atoms with E-state index in [4.69, 9.17) is 4.99 Å². The minimum absolute atomic E-state index is 0.0236. The summed E-state index contributed by atoms with van der Waals surface area (Å²) in [7, 11) is -0.733. The van der Waals surface area contributed by atoms with Gasteiger partial charge in [-0.15, -0.1) is 0 Å². The molecule has 2 aliphatic rings. The number of likely N-dealkylation sites (tertiary alicyclic amines) is 1. The number of anilines is 1. The highest BCUT2D eigenvalue weighted by molar-refractivity contribution is 7.85. The first kappa shape index (κ1) is 23.6. The van der Waals surface area contributed by atoms with Crippen LogP contribution in [0.4, 0.5) is 10.5 Å². The van der Waals surface area contributed by atoms with Crippen LogP contribution in [0.15, 0.2) is 29.3 Å². The molecule has 1 aromatic rings. The van der Waals surface area contributed by atoms with Gasteiger partial charge in [-0.1, -0.05) is 25.5 Å². The van der Waals surface area contributed by atoms with Gasteiger partial charge in [0.05, 0.1) is 6.54 Å². The van der Waals surface area contributed by atoms with Crippen LogP contribution in [0.5, 0.6) is 0 Å². The number of nitrogens with one attached hydrogen (secondary N) is 3. The maximum absolute atomic E-state index is 12.3. The number of hydrogen-bond donors (Lipinski definition) is 3. The van der Waals surface area contributed by atoms with E-state index in [2.05, 4.69) is 22.9 Å². The normalized spacial score (nSPS) is 22.8. The zero-order valence-electron chi connectivity index (χ0n) is 18.9. The number of carbonyl (C=O) groups is 1. The lowest BCUT2D eigenvalue weighted by atomic mass is 9.95. The maximum atomic E-state index is 12.3. The number of guanidine groups is 1. The number of carbonyl (C=O) groups excluding carboxylic acids is 1. The first-order chi connectivity index (χ1) is 15.1. The van der Waals surface area contributed by atoms with Gasteiger partial charge in [0, 0.05) is 53.2 Å². The van der Waals surface area contributed by atoms with Gasteiger partial charge >= 0.3 is 6.03 Å². The molecule has 1 aliphatic heterocycles. The van der Waals surface area contributed by atoms with Gasteiger partial charge in [0.1, 0.15) is 0 Å². The van der Waals surface area contributed by atoms with Gasteiger partial charge in [-0.05, 0) is 56.7 Å². The fourth-order valence-corrected chi connectivity index (χ4v) is 5.65. The van der Waals surface area contributed by atoms with Gasteiger partial charge in [-0.25, -0.2) is 9.79 Å². The highest BCUT2D eigenvalue weighted by atomic mass is 32.2. The molecule has 7 nitrogen and oxygen atoms in total. The quantitative estimate of drug-likeness (QED) is 0.441. The van der Waals surface area contributed by atoms with Gasteiger partial charge in [-0.2, -0.15) is 0 Å². The Bertz CT molecular complexity index is 779. The van der Waals surface area contributed by atoms with Crippen molar-refractivity contribution in [3.05, 3.63) is 29.8 Å². The lowest BCUT2D eigenvalue weighted by Gasteiger charge is -2.30. The third kappa shape index (κ3) is 7.23. The maximum Gasteiger partial charge on any atom is 0.321 e. The Morgan fingerprint density at radius 1 is 1.19 bits per heavy atom. The standard InChI is InChI=1S/C23H37N5O2S/c1-3-24-22(26-20-11-8-12-21(16-20)31(30)4-2)25-17-18-9-7-10-19(15-18)27-23(29)28-13-5-6-14-28/h7,9-10,15,20-21H,3-6,8,11-14,16-17H2,1-2H3,(H,27,29)(H2,24,25,26). The number of hydrogen-bond acceptors (Lipinski definition) is 3. The summed E-state index contributed by atoms with van der Waals surface area (Å²) in [6, 6.07) is 8.17. The molecule has 1 saturated carbocycles. The number of aliphatic imine (C=N–C) groups is 1. The molecular formula is C23H37N5O2S. The second-order valence-corrected chi connectivity index (χ2v) is 10.3. The predicted molar refractivity (Wildman–Crippen MR) is 129 cm³/mol. The summed E-state index contributed by atoms with van der Waals surface area (Å²) in [6.07, 6.45) is 6.34. The number of amides is 2.